The topological polar surface area (TPSA) is 83.7 Å². The second-order valence-corrected chi connectivity index (χ2v) is 6.55. The molecule has 2 heterocycles. The highest BCUT2D eigenvalue weighted by Gasteiger charge is 2.17. The van der Waals surface area contributed by atoms with E-state index < -0.39 is 0 Å². The maximum absolute atomic E-state index is 9.56. The van der Waals surface area contributed by atoms with E-state index in [-0.39, 0.29) is 6.10 Å². The van der Waals surface area contributed by atoms with Crippen LogP contribution in [0.15, 0.2) is 18.3 Å². The lowest BCUT2D eigenvalue weighted by Crippen LogP contribution is -2.12. The minimum Gasteiger partial charge on any atom is -0.474 e. The average Bonchev–Trinajstić information content (AvgIpc) is 3.18. The molecular formula is C20H25N5O. The first kappa shape index (κ1) is 18.1. The number of hydrogen-bond donors (Lipinski definition) is 1. The van der Waals surface area contributed by atoms with Gasteiger partial charge < -0.3 is 10.1 Å². The summed E-state index contributed by atoms with van der Waals surface area (Å²) in [6, 6.07) is 6.17. The van der Waals surface area contributed by atoms with Crippen LogP contribution in [0.5, 0.6) is 5.88 Å². The Morgan fingerprint density at radius 3 is 2.73 bits per heavy atom. The van der Waals surface area contributed by atoms with Crippen molar-refractivity contribution in [2.45, 2.75) is 65.0 Å². The summed E-state index contributed by atoms with van der Waals surface area (Å²) < 4.78 is 5.96. The number of pyridine rings is 1. The fourth-order valence-corrected chi connectivity index (χ4v) is 3.40. The molecule has 0 unspecified atom stereocenters. The molecule has 6 nitrogen and oxygen atoms in total. The molecule has 0 spiro atoms. The molecule has 0 saturated heterocycles. The van der Waals surface area contributed by atoms with Gasteiger partial charge in [0.05, 0.1) is 5.69 Å². The maximum Gasteiger partial charge on any atom is 0.213 e. The van der Waals surface area contributed by atoms with Crippen LogP contribution in [0.2, 0.25) is 0 Å². The molecule has 1 N–H and O–H groups in total. The molecule has 0 radical (unpaired) electrons. The van der Waals surface area contributed by atoms with E-state index in [1.165, 1.54) is 12.8 Å². The molecular weight excluding hydrogens is 326 g/mol. The normalized spacial score (nSPS) is 14.2. The summed E-state index contributed by atoms with van der Waals surface area (Å²) in [5.41, 5.74) is 3.50. The smallest absolute Gasteiger partial charge is 0.213 e. The van der Waals surface area contributed by atoms with Gasteiger partial charge in [0.1, 0.15) is 17.7 Å². The van der Waals surface area contributed by atoms with E-state index in [0.29, 0.717) is 23.8 Å². The lowest BCUT2D eigenvalue weighted by atomic mass is 10.0. The molecule has 136 valence electrons. The SMILES string of the molecule is CCc1nnc(NCc2ccnc(OC3CCCC3)c2)c(C#N)c1CC. The Morgan fingerprint density at radius 1 is 1.23 bits per heavy atom. The van der Waals surface area contributed by atoms with Crippen LogP contribution >= 0.6 is 0 Å². The summed E-state index contributed by atoms with van der Waals surface area (Å²) in [6.07, 6.45) is 8.27. The van der Waals surface area contributed by atoms with Crippen LogP contribution in [0, 0.1) is 11.3 Å². The number of ether oxygens (including phenoxy) is 1. The Bertz CT molecular complexity index is 793. The fourth-order valence-electron chi connectivity index (χ4n) is 3.40. The summed E-state index contributed by atoms with van der Waals surface area (Å²) in [6.45, 7) is 4.61. The Hall–Kier alpha value is -2.68. The van der Waals surface area contributed by atoms with E-state index in [9.17, 15) is 5.26 Å². The number of anilines is 1. The minimum atomic E-state index is 0.287. The van der Waals surface area contributed by atoms with Crippen molar-refractivity contribution in [2.24, 2.45) is 0 Å². The van der Waals surface area contributed by atoms with Crippen molar-refractivity contribution in [3.8, 4) is 11.9 Å². The summed E-state index contributed by atoms with van der Waals surface area (Å²) in [4.78, 5) is 4.31. The highest BCUT2D eigenvalue weighted by Crippen LogP contribution is 2.24. The van der Waals surface area contributed by atoms with Crippen LogP contribution in [-0.4, -0.2) is 21.3 Å². The lowest BCUT2D eigenvalue weighted by molar-refractivity contribution is 0.201. The van der Waals surface area contributed by atoms with E-state index in [4.69, 9.17) is 4.74 Å². The van der Waals surface area contributed by atoms with E-state index in [0.717, 1.165) is 42.5 Å². The molecule has 0 atom stereocenters. The molecule has 3 rings (SSSR count). The van der Waals surface area contributed by atoms with Crippen LogP contribution in [0.1, 0.15) is 61.9 Å². The molecule has 6 heteroatoms. The van der Waals surface area contributed by atoms with Gasteiger partial charge in [-0.3, -0.25) is 0 Å². The molecule has 1 aliphatic carbocycles. The van der Waals surface area contributed by atoms with Gasteiger partial charge in [-0.2, -0.15) is 10.4 Å². The second-order valence-electron chi connectivity index (χ2n) is 6.55. The van der Waals surface area contributed by atoms with Crippen molar-refractivity contribution >= 4 is 5.82 Å². The Morgan fingerprint density at radius 2 is 2.04 bits per heavy atom. The molecule has 1 fully saturated rings. The highest BCUT2D eigenvalue weighted by molar-refractivity contribution is 5.56. The zero-order valence-corrected chi connectivity index (χ0v) is 15.5. The third-order valence-corrected chi connectivity index (χ3v) is 4.81. The van der Waals surface area contributed by atoms with Gasteiger partial charge in [-0.25, -0.2) is 4.98 Å². The van der Waals surface area contributed by atoms with Crippen LogP contribution in [0.4, 0.5) is 5.82 Å². The predicted octanol–water partition coefficient (Wildman–Crippen LogP) is 3.80. The molecule has 0 aliphatic heterocycles. The van der Waals surface area contributed by atoms with Gasteiger partial charge in [0.15, 0.2) is 5.82 Å². The van der Waals surface area contributed by atoms with Gasteiger partial charge >= 0.3 is 0 Å². The van der Waals surface area contributed by atoms with Gasteiger partial charge in [0.2, 0.25) is 5.88 Å². The largest absolute Gasteiger partial charge is 0.474 e. The highest BCUT2D eigenvalue weighted by atomic mass is 16.5. The number of rotatable bonds is 7. The van der Waals surface area contributed by atoms with Crippen molar-refractivity contribution in [2.75, 3.05) is 5.32 Å². The molecule has 1 aliphatic rings. The zero-order valence-electron chi connectivity index (χ0n) is 15.5. The average molecular weight is 351 g/mol. The van der Waals surface area contributed by atoms with Gasteiger partial charge in [0, 0.05) is 18.8 Å². The maximum atomic E-state index is 9.56. The summed E-state index contributed by atoms with van der Waals surface area (Å²) in [5, 5.41) is 21.3. The fraction of sp³-hybridized carbons (Fsp3) is 0.500. The molecule has 2 aromatic rings. The van der Waals surface area contributed by atoms with Gasteiger partial charge in [-0.15, -0.1) is 5.10 Å². The van der Waals surface area contributed by atoms with Crippen LogP contribution in [-0.2, 0) is 19.4 Å². The Kier molecular flexibility index (Phi) is 6.00. The summed E-state index contributed by atoms with van der Waals surface area (Å²) >= 11 is 0. The van der Waals surface area contributed by atoms with Crippen LogP contribution in [0.25, 0.3) is 0 Å². The van der Waals surface area contributed by atoms with Crippen molar-refractivity contribution in [3.63, 3.8) is 0 Å². The van der Waals surface area contributed by atoms with Gasteiger partial charge in [-0.05, 0) is 55.7 Å². The van der Waals surface area contributed by atoms with E-state index >= 15 is 0 Å². The number of nitriles is 1. The number of hydrogen-bond acceptors (Lipinski definition) is 6. The molecule has 1 saturated carbocycles. The van der Waals surface area contributed by atoms with E-state index in [1.807, 2.05) is 26.0 Å². The first-order valence-corrected chi connectivity index (χ1v) is 9.39. The third kappa shape index (κ3) is 4.10. The number of nitrogens with zero attached hydrogens (tertiary/aromatic N) is 4. The summed E-state index contributed by atoms with van der Waals surface area (Å²) in [5.74, 6) is 1.20. The van der Waals surface area contributed by atoms with Gasteiger partial charge in [0.25, 0.3) is 0 Å². The monoisotopic (exact) mass is 351 g/mol. The molecule has 0 bridgehead atoms. The standard InChI is InChI=1S/C20H25N5O/c1-3-16-17(12-21)20(25-24-18(16)4-2)23-13-14-9-10-22-19(11-14)26-15-7-5-6-8-15/h9-11,15H,3-8,13H2,1-2H3,(H,23,25). The van der Waals surface area contributed by atoms with Gasteiger partial charge in [-0.1, -0.05) is 13.8 Å². The number of nitrogens with one attached hydrogen (secondary N) is 1. The predicted molar refractivity (Wildman–Crippen MR) is 100.0 cm³/mol. The van der Waals surface area contributed by atoms with Crippen molar-refractivity contribution in [3.05, 3.63) is 40.7 Å². The molecule has 26 heavy (non-hydrogen) atoms. The van der Waals surface area contributed by atoms with Crippen molar-refractivity contribution < 1.29 is 4.74 Å². The summed E-state index contributed by atoms with van der Waals surface area (Å²) in [7, 11) is 0. The first-order valence-electron chi connectivity index (χ1n) is 9.39. The minimum absolute atomic E-state index is 0.287. The lowest BCUT2D eigenvalue weighted by Gasteiger charge is -2.14. The zero-order chi connectivity index (χ0) is 18.4. The Labute approximate surface area is 154 Å². The van der Waals surface area contributed by atoms with Crippen LogP contribution < -0.4 is 10.1 Å². The second kappa shape index (κ2) is 8.61. The number of aromatic nitrogens is 3. The molecule has 2 aromatic heterocycles. The number of aryl methyl sites for hydroxylation is 1. The Balaban J connectivity index is 1.72. The molecule has 0 aromatic carbocycles. The first-order chi connectivity index (χ1) is 12.7. The van der Waals surface area contributed by atoms with Crippen LogP contribution in [0.3, 0.4) is 0 Å². The van der Waals surface area contributed by atoms with Crippen molar-refractivity contribution in [1.82, 2.24) is 15.2 Å². The van der Waals surface area contributed by atoms with E-state index in [2.05, 4.69) is 26.6 Å². The third-order valence-electron chi connectivity index (χ3n) is 4.81. The van der Waals surface area contributed by atoms with E-state index in [1.54, 1.807) is 6.20 Å². The molecule has 0 amide bonds. The van der Waals surface area contributed by atoms with Crippen molar-refractivity contribution in [1.29, 1.82) is 5.26 Å². The quantitative estimate of drug-likeness (QED) is 0.817.